The molecule has 2 aromatic rings. The van der Waals surface area contributed by atoms with Crippen molar-refractivity contribution in [3.8, 4) is 0 Å². The zero-order valence-corrected chi connectivity index (χ0v) is 13.5. The lowest BCUT2D eigenvalue weighted by Crippen LogP contribution is -2.48. The maximum atomic E-state index is 12.4. The van der Waals surface area contributed by atoms with Crippen molar-refractivity contribution in [3.05, 3.63) is 57.8 Å². The van der Waals surface area contributed by atoms with Crippen LogP contribution in [-0.2, 0) is 6.42 Å². The number of hydrogen-bond acceptors (Lipinski definition) is 3. The van der Waals surface area contributed by atoms with E-state index in [0.29, 0.717) is 5.92 Å². The van der Waals surface area contributed by atoms with Crippen LogP contribution in [-0.4, -0.2) is 23.2 Å². The Balaban J connectivity index is 1.69. The number of carbonyl (C=O) groups excluding carboxylic acids is 1. The number of rotatable bonds is 5. The molecule has 3 rings (SSSR count). The standard InChI is InChI=1S/C18H21NO2S/c1-12-7-8-17(22-12)18(21)19-16(14-10-15(20)11-14)9-13-5-3-2-4-6-13/h2-8,14-16,20H,9-11H2,1H3,(H,19,21)/t14?,15?,16-/m0/s1. The summed E-state index contributed by atoms with van der Waals surface area (Å²) in [4.78, 5) is 14.3. The highest BCUT2D eigenvalue weighted by Gasteiger charge is 2.35. The summed E-state index contributed by atoms with van der Waals surface area (Å²) >= 11 is 1.52. The van der Waals surface area contributed by atoms with Gasteiger partial charge in [0.25, 0.3) is 5.91 Å². The fourth-order valence-electron chi connectivity index (χ4n) is 2.96. The van der Waals surface area contributed by atoms with Gasteiger partial charge in [0.05, 0.1) is 11.0 Å². The molecule has 1 aliphatic rings. The molecule has 1 heterocycles. The molecular weight excluding hydrogens is 294 g/mol. The van der Waals surface area contributed by atoms with Gasteiger partial charge in [0, 0.05) is 10.9 Å². The van der Waals surface area contributed by atoms with E-state index in [9.17, 15) is 9.90 Å². The zero-order valence-electron chi connectivity index (χ0n) is 12.7. The van der Waals surface area contributed by atoms with Crippen LogP contribution in [0.4, 0.5) is 0 Å². The highest BCUT2D eigenvalue weighted by atomic mass is 32.1. The van der Waals surface area contributed by atoms with Gasteiger partial charge in [0.15, 0.2) is 0 Å². The Bertz CT molecular complexity index is 632. The van der Waals surface area contributed by atoms with E-state index < -0.39 is 0 Å². The second-order valence-electron chi connectivity index (χ2n) is 6.07. The summed E-state index contributed by atoms with van der Waals surface area (Å²) in [5.74, 6) is 0.362. The van der Waals surface area contributed by atoms with Crippen molar-refractivity contribution >= 4 is 17.2 Å². The van der Waals surface area contributed by atoms with Crippen LogP contribution in [0.3, 0.4) is 0 Å². The predicted molar refractivity (Wildman–Crippen MR) is 89.2 cm³/mol. The number of aliphatic hydroxyl groups is 1. The van der Waals surface area contributed by atoms with Crippen LogP contribution in [0, 0.1) is 12.8 Å². The lowest BCUT2D eigenvalue weighted by atomic mass is 9.75. The van der Waals surface area contributed by atoms with Gasteiger partial charge in [-0.05, 0) is 49.8 Å². The summed E-state index contributed by atoms with van der Waals surface area (Å²) in [5.41, 5.74) is 1.22. The molecule has 1 amide bonds. The minimum absolute atomic E-state index is 0.000390. The molecule has 22 heavy (non-hydrogen) atoms. The average Bonchev–Trinajstić information content (AvgIpc) is 2.91. The van der Waals surface area contributed by atoms with Crippen molar-refractivity contribution in [2.45, 2.75) is 38.3 Å². The fraction of sp³-hybridized carbons (Fsp3) is 0.389. The molecule has 1 fully saturated rings. The van der Waals surface area contributed by atoms with Crippen molar-refractivity contribution in [2.75, 3.05) is 0 Å². The molecule has 1 aliphatic carbocycles. The monoisotopic (exact) mass is 315 g/mol. The average molecular weight is 315 g/mol. The van der Waals surface area contributed by atoms with E-state index in [1.54, 1.807) is 0 Å². The van der Waals surface area contributed by atoms with E-state index in [-0.39, 0.29) is 18.1 Å². The Hall–Kier alpha value is -1.65. The third-order valence-corrected chi connectivity index (χ3v) is 5.30. The van der Waals surface area contributed by atoms with Gasteiger partial charge in [-0.3, -0.25) is 4.79 Å². The molecule has 2 N–H and O–H groups in total. The SMILES string of the molecule is Cc1ccc(C(=O)N[C@@H](Cc2ccccc2)C2CC(O)C2)s1. The Morgan fingerprint density at radius 2 is 2.00 bits per heavy atom. The van der Waals surface area contributed by atoms with Crippen LogP contribution in [0.5, 0.6) is 0 Å². The summed E-state index contributed by atoms with van der Waals surface area (Å²) in [5, 5.41) is 12.8. The molecule has 0 spiro atoms. The minimum atomic E-state index is -0.204. The van der Waals surface area contributed by atoms with Gasteiger partial charge in [-0.2, -0.15) is 0 Å². The number of aliphatic hydroxyl groups excluding tert-OH is 1. The van der Waals surface area contributed by atoms with Crippen molar-refractivity contribution in [1.82, 2.24) is 5.32 Å². The minimum Gasteiger partial charge on any atom is -0.393 e. The molecule has 0 saturated heterocycles. The van der Waals surface area contributed by atoms with Crippen LogP contribution in [0.25, 0.3) is 0 Å². The van der Waals surface area contributed by atoms with Gasteiger partial charge < -0.3 is 10.4 Å². The Morgan fingerprint density at radius 1 is 1.27 bits per heavy atom. The molecule has 3 nitrogen and oxygen atoms in total. The number of nitrogens with one attached hydrogen (secondary N) is 1. The van der Waals surface area contributed by atoms with Crippen molar-refractivity contribution in [2.24, 2.45) is 5.92 Å². The van der Waals surface area contributed by atoms with Crippen LogP contribution in [0.2, 0.25) is 0 Å². The summed E-state index contributed by atoms with van der Waals surface area (Å²) in [7, 11) is 0. The lowest BCUT2D eigenvalue weighted by molar-refractivity contribution is 0.0240. The molecule has 0 bridgehead atoms. The quantitative estimate of drug-likeness (QED) is 0.890. The number of aryl methyl sites for hydroxylation is 1. The smallest absolute Gasteiger partial charge is 0.261 e. The lowest BCUT2D eigenvalue weighted by Gasteiger charge is -2.38. The molecular formula is C18H21NO2S. The molecule has 1 aromatic carbocycles. The van der Waals surface area contributed by atoms with Crippen LogP contribution < -0.4 is 5.32 Å². The maximum absolute atomic E-state index is 12.4. The highest BCUT2D eigenvalue weighted by Crippen LogP contribution is 2.32. The van der Waals surface area contributed by atoms with Crippen molar-refractivity contribution in [3.63, 3.8) is 0 Å². The van der Waals surface area contributed by atoms with Gasteiger partial charge in [-0.15, -0.1) is 11.3 Å². The molecule has 116 valence electrons. The van der Waals surface area contributed by atoms with Gasteiger partial charge >= 0.3 is 0 Å². The number of thiophene rings is 1. The van der Waals surface area contributed by atoms with E-state index in [1.807, 2.05) is 37.3 Å². The highest BCUT2D eigenvalue weighted by molar-refractivity contribution is 7.13. The maximum Gasteiger partial charge on any atom is 0.261 e. The first kappa shape index (κ1) is 15.3. The fourth-order valence-corrected chi connectivity index (χ4v) is 3.73. The number of hydrogen-bond donors (Lipinski definition) is 2. The topological polar surface area (TPSA) is 49.3 Å². The Kier molecular flexibility index (Phi) is 4.60. The van der Waals surface area contributed by atoms with E-state index in [1.165, 1.54) is 16.9 Å². The zero-order chi connectivity index (χ0) is 15.5. The Labute approximate surface area is 135 Å². The number of benzene rings is 1. The van der Waals surface area contributed by atoms with E-state index in [2.05, 4.69) is 17.4 Å². The Morgan fingerprint density at radius 3 is 2.59 bits per heavy atom. The molecule has 1 saturated carbocycles. The van der Waals surface area contributed by atoms with Gasteiger partial charge in [-0.1, -0.05) is 30.3 Å². The van der Waals surface area contributed by atoms with E-state index in [0.717, 1.165) is 29.0 Å². The second kappa shape index (κ2) is 6.63. The normalized spacial score (nSPS) is 21.9. The van der Waals surface area contributed by atoms with E-state index >= 15 is 0 Å². The molecule has 1 atom stereocenters. The number of amides is 1. The molecule has 1 aromatic heterocycles. The van der Waals surface area contributed by atoms with Crippen LogP contribution >= 0.6 is 11.3 Å². The first-order valence-corrected chi connectivity index (χ1v) is 8.53. The first-order chi connectivity index (χ1) is 10.6. The largest absolute Gasteiger partial charge is 0.393 e. The molecule has 4 heteroatoms. The second-order valence-corrected chi connectivity index (χ2v) is 7.35. The first-order valence-electron chi connectivity index (χ1n) is 7.71. The van der Waals surface area contributed by atoms with E-state index in [4.69, 9.17) is 0 Å². The molecule has 0 aliphatic heterocycles. The van der Waals surface area contributed by atoms with Gasteiger partial charge in [-0.25, -0.2) is 0 Å². The molecule has 0 unspecified atom stereocenters. The molecule has 0 radical (unpaired) electrons. The summed E-state index contributed by atoms with van der Waals surface area (Å²) in [6.07, 6.45) is 2.17. The van der Waals surface area contributed by atoms with Crippen LogP contribution in [0.1, 0.15) is 33.0 Å². The third kappa shape index (κ3) is 3.57. The summed E-state index contributed by atoms with van der Waals surface area (Å²) < 4.78 is 0. The summed E-state index contributed by atoms with van der Waals surface area (Å²) in [6.45, 7) is 2.01. The van der Waals surface area contributed by atoms with Crippen molar-refractivity contribution in [1.29, 1.82) is 0 Å². The third-order valence-electron chi connectivity index (χ3n) is 4.30. The van der Waals surface area contributed by atoms with Gasteiger partial charge in [0.2, 0.25) is 0 Å². The predicted octanol–water partition coefficient (Wildman–Crippen LogP) is 3.17. The van der Waals surface area contributed by atoms with Gasteiger partial charge in [0.1, 0.15) is 0 Å². The van der Waals surface area contributed by atoms with Crippen molar-refractivity contribution < 1.29 is 9.90 Å². The number of carbonyl (C=O) groups is 1. The van der Waals surface area contributed by atoms with Crippen LogP contribution in [0.15, 0.2) is 42.5 Å². The summed E-state index contributed by atoms with van der Waals surface area (Å²) in [6, 6.07) is 14.1.